The number of halogens is 1. The maximum atomic E-state index is 11.4. The largest absolute Gasteiger partial charge is 0.474 e. The number of piperidine rings is 1. The van der Waals surface area contributed by atoms with Gasteiger partial charge in [0.05, 0.1) is 36.4 Å². The number of fused-ring (bicyclic) bond motifs is 1. The molecule has 5 aromatic rings. The molecule has 0 aliphatic carbocycles. The third-order valence-corrected chi connectivity index (χ3v) is 7.97. The fourth-order valence-corrected chi connectivity index (χ4v) is 5.50. The maximum absolute atomic E-state index is 11.4. The number of hydrogen-bond acceptors (Lipinski definition) is 10. The molecule has 42 heavy (non-hydrogen) atoms. The van der Waals surface area contributed by atoms with Gasteiger partial charge in [-0.2, -0.15) is 4.98 Å². The minimum absolute atomic E-state index is 0.0816. The number of pyridine rings is 1. The maximum Gasteiger partial charge on any atom is 0.439 e. The van der Waals surface area contributed by atoms with Crippen LogP contribution in [-0.2, 0) is 24.2 Å². The summed E-state index contributed by atoms with van der Waals surface area (Å²) in [4.78, 5) is 34.9. The van der Waals surface area contributed by atoms with Gasteiger partial charge < -0.3 is 14.0 Å². The van der Waals surface area contributed by atoms with Gasteiger partial charge in [0.2, 0.25) is 11.7 Å². The van der Waals surface area contributed by atoms with Crippen LogP contribution in [0, 0.1) is 0 Å². The molecule has 1 unspecified atom stereocenters. The van der Waals surface area contributed by atoms with Crippen LogP contribution in [0.4, 0.5) is 0 Å². The second-order valence-electron chi connectivity index (χ2n) is 10.6. The highest BCUT2D eigenvalue weighted by Crippen LogP contribution is 2.25. The standard InChI is InChI=1S/C29H29ClN8O4/c30-19-3-1-18(2-4-19)13-25-31-9-5-27(34-25)41-20-6-10-37(11-7-20)17-26-33-22-14-23(28-35-29(39)42-36-28)32-15-24(22)38(26)16-21-8-12-40-21/h1-5,9,14-15,20-21H,6-8,10-13,16-17H2,(H,35,36,39). The second kappa shape index (κ2) is 11.6. The van der Waals surface area contributed by atoms with Gasteiger partial charge in [0.25, 0.3) is 0 Å². The fraction of sp³-hybridized carbons (Fsp3) is 0.379. The van der Waals surface area contributed by atoms with E-state index in [-0.39, 0.29) is 18.0 Å². The molecule has 0 bridgehead atoms. The summed E-state index contributed by atoms with van der Waals surface area (Å²) in [6.07, 6.45) is 7.18. The number of H-pyrrole nitrogens is 1. The number of benzene rings is 1. The molecule has 13 heteroatoms. The fourth-order valence-electron chi connectivity index (χ4n) is 5.37. The third-order valence-electron chi connectivity index (χ3n) is 7.72. The number of ether oxygens (including phenoxy) is 2. The van der Waals surface area contributed by atoms with Crippen LogP contribution >= 0.6 is 11.6 Å². The highest BCUT2D eigenvalue weighted by atomic mass is 35.5. The zero-order chi connectivity index (χ0) is 28.5. The number of imidazole rings is 1. The molecule has 1 aromatic carbocycles. The predicted octanol–water partition coefficient (Wildman–Crippen LogP) is 3.64. The van der Waals surface area contributed by atoms with Crippen molar-refractivity contribution >= 4 is 22.6 Å². The molecule has 2 aliphatic heterocycles. The summed E-state index contributed by atoms with van der Waals surface area (Å²) in [5.41, 5.74) is 3.31. The van der Waals surface area contributed by atoms with E-state index in [1.54, 1.807) is 12.4 Å². The summed E-state index contributed by atoms with van der Waals surface area (Å²) in [5.74, 6) is 1.93. The Hall–Kier alpha value is -4.13. The highest BCUT2D eigenvalue weighted by Gasteiger charge is 2.26. The van der Waals surface area contributed by atoms with Crippen LogP contribution in [0.5, 0.6) is 5.88 Å². The van der Waals surface area contributed by atoms with E-state index in [1.807, 2.05) is 36.4 Å². The minimum Gasteiger partial charge on any atom is -0.474 e. The molecule has 6 heterocycles. The van der Waals surface area contributed by atoms with Crippen molar-refractivity contribution in [3.63, 3.8) is 0 Å². The summed E-state index contributed by atoms with van der Waals surface area (Å²) < 4.78 is 18.9. The van der Waals surface area contributed by atoms with Crippen molar-refractivity contribution < 1.29 is 14.0 Å². The zero-order valence-corrected chi connectivity index (χ0v) is 23.5. The van der Waals surface area contributed by atoms with Crippen molar-refractivity contribution in [3.05, 3.63) is 81.6 Å². The van der Waals surface area contributed by atoms with Crippen LogP contribution in [0.3, 0.4) is 0 Å². The molecule has 2 aliphatic rings. The predicted molar refractivity (Wildman–Crippen MR) is 153 cm³/mol. The molecule has 2 fully saturated rings. The van der Waals surface area contributed by atoms with E-state index in [9.17, 15) is 4.79 Å². The Labute approximate surface area is 245 Å². The van der Waals surface area contributed by atoms with Crippen molar-refractivity contribution in [1.82, 2.24) is 39.5 Å². The molecular weight excluding hydrogens is 560 g/mol. The van der Waals surface area contributed by atoms with Crippen molar-refractivity contribution in [3.8, 4) is 17.4 Å². The van der Waals surface area contributed by atoms with Gasteiger partial charge in [-0.05, 0) is 43.0 Å². The van der Waals surface area contributed by atoms with Crippen LogP contribution in [0.1, 0.15) is 36.5 Å². The molecule has 1 atom stereocenters. The Balaban J connectivity index is 1.01. The van der Waals surface area contributed by atoms with Crippen LogP contribution in [0.2, 0.25) is 5.02 Å². The number of nitrogens with zero attached hydrogens (tertiary/aromatic N) is 7. The van der Waals surface area contributed by atoms with Crippen LogP contribution in [-0.4, -0.2) is 71.4 Å². The SMILES string of the molecule is O=c1[nH]c(-c2cc3nc(CN4CCC(Oc5ccnc(Cc6ccc(Cl)cc6)n5)CC4)n(CC4CCO4)c3cn2)no1. The molecule has 0 radical (unpaired) electrons. The van der Waals surface area contributed by atoms with E-state index in [0.29, 0.717) is 35.4 Å². The Morgan fingerprint density at radius 2 is 1.90 bits per heavy atom. The lowest BCUT2D eigenvalue weighted by atomic mass is 10.1. The summed E-state index contributed by atoms with van der Waals surface area (Å²) >= 11 is 6.00. The monoisotopic (exact) mass is 588 g/mol. The number of hydrogen-bond donors (Lipinski definition) is 1. The Bertz CT molecular complexity index is 1740. The van der Waals surface area contributed by atoms with Crippen LogP contribution in [0.25, 0.3) is 22.6 Å². The molecule has 7 rings (SSSR count). The Kier molecular flexibility index (Phi) is 7.41. The van der Waals surface area contributed by atoms with Gasteiger partial charge in [0.15, 0.2) is 0 Å². The molecule has 216 valence electrons. The summed E-state index contributed by atoms with van der Waals surface area (Å²) in [6.45, 7) is 3.96. The number of likely N-dealkylation sites (tertiary alicyclic amines) is 1. The van der Waals surface area contributed by atoms with Gasteiger partial charge in [0.1, 0.15) is 23.4 Å². The smallest absolute Gasteiger partial charge is 0.439 e. The number of rotatable bonds is 9. The molecular formula is C29H29ClN8O4. The lowest BCUT2D eigenvalue weighted by Crippen LogP contribution is -2.39. The third kappa shape index (κ3) is 5.91. The number of nitrogens with one attached hydrogen (secondary N) is 1. The number of aromatic amines is 1. The van der Waals surface area contributed by atoms with Crippen molar-refractivity contribution in [2.24, 2.45) is 0 Å². The molecule has 0 saturated carbocycles. The van der Waals surface area contributed by atoms with E-state index in [2.05, 4.69) is 39.1 Å². The van der Waals surface area contributed by atoms with Gasteiger partial charge in [-0.1, -0.05) is 28.9 Å². The minimum atomic E-state index is -0.620. The average molecular weight is 589 g/mol. The van der Waals surface area contributed by atoms with Crippen LogP contribution in [0.15, 0.2) is 58.1 Å². The van der Waals surface area contributed by atoms with Gasteiger partial charge in [-0.15, -0.1) is 0 Å². The van der Waals surface area contributed by atoms with E-state index in [0.717, 1.165) is 67.9 Å². The molecule has 4 aromatic heterocycles. The van der Waals surface area contributed by atoms with Gasteiger partial charge >= 0.3 is 5.76 Å². The van der Waals surface area contributed by atoms with Crippen molar-refractivity contribution in [2.75, 3.05) is 19.7 Å². The molecule has 12 nitrogen and oxygen atoms in total. The van der Waals surface area contributed by atoms with Gasteiger partial charge in [-0.3, -0.25) is 19.4 Å². The lowest BCUT2D eigenvalue weighted by Gasteiger charge is -2.32. The molecule has 0 amide bonds. The van der Waals surface area contributed by atoms with Crippen molar-refractivity contribution in [1.29, 1.82) is 0 Å². The molecule has 2 saturated heterocycles. The van der Waals surface area contributed by atoms with Gasteiger partial charge in [0, 0.05) is 43.4 Å². The topological polar surface area (TPSA) is 137 Å². The van der Waals surface area contributed by atoms with E-state index < -0.39 is 5.76 Å². The first-order valence-electron chi connectivity index (χ1n) is 14.0. The summed E-state index contributed by atoms with van der Waals surface area (Å²) in [7, 11) is 0. The summed E-state index contributed by atoms with van der Waals surface area (Å²) in [5, 5.41) is 4.47. The van der Waals surface area contributed by atoms with E-state index in [1.165, 1.54) is 0 Å². The average Bonchev–Trinajstić information content (AvgIpc) is 3.55. The number of aromatic nitrogens is 7. The Morgan fingerprint density at radius 1 is 1.07 bits per heavy atom. The second-order valence-corrected chi connectivity index (χ2v) is 11.1. The van der Waals surface area contributed by atoms with Crippen LogP contribution < -0.4 is 10.5 Å². The normalized spacial score (nSPS) is 17.9. The first-order valence-corrected chi connectivity index (χ1v) is 14.4. The summed E-state index contributed by atoms with van der Waals surface area (Å²) in [6, 6.07) is 11.4. The lowest BCUT2D eigenvalue weighted by molar-refractivity contribution is -0.0592. The van der Waals surface area contributed by atoms with Crippen molar-refractivity contribution in [2.45, 2.75) is 51.0 Å². The quantitative estimate of drug-likeness (QED) is 0.272. The molecule has 1 N–H and O–H groups in total. The van der Waals surface area contributed by atoms with E-state index >= 15 is 0 Å². The first kappa shape index (κ1) is 26.7. The highest BCUT2D eigenvalue weighted by molar-refractivity contribution is 6.30. The Morgan fingerprint density at radius 3 is 2.64 bits per heavy atom. The van der Waals surface area contributed by atoms with E-state index in [4.69, 9.17) is 26.1 Å². The molecule has 0 spiro atoms. The zero-order valence-electron chi connectivity index (χ0n) is 22.8. The first-order chi connectivity index (χ1) is 20.6. The van der Waals surface area contributed by atoms with Gasteiger partial charge in [-0.25, -0.2) is 14.8 Å².